The molecule has 1 aliphatic carbocycles. The third-order valence-electron chi connectivity index (χ3n) is 3.95. The van der Waals surface area contributed by atoms with Gasteiger partial charge in [-0.3, -0.25) is 4.79 Å². The monoisotopic (exact) mass is 410 g/mol. The first-order valence-electron chi connectivity index (χ1n) is 6.91. The fourth-order valence-electron chi connectivity index (χ4n) is 3.05. The molecule has 0 bridgehead atoms. The number of nitriles is 1. The molecule has 114 valence electrons. The van der Waals surface area contributed by atoms with E-state index in [1.165, 1.54) is 0 Å². The Morgan fingerprint density at radius 1 is 1.41 bits per heavy atom. The van der Waals surface area contributed by atoms with Gasteiger partial charge in [-0.05, 0) is 40.1 Å². The number of ether oxygens (including phenoxy) is 1. The lowest BCUT2D eigenvalue weighted by molar-refractivity contribution is -0.119. The highest BCUT2D eigenvalue weighted by Crippen LogP contribution is 2.48. The molecule has 6 heteroatoms. The van der Waals surface area contributed by atoms with E-state index in [1.807, 2.05) is 13.8 Å². The van der Waals surface area contributed by atoms with Crippen LogP contribution in [0.3, 0.4) is 0 Å². The lowest BCUT2D eigenvalue weighted by Gasteiger charge is -2.36. The van der Waals surface area contributed by atoms with Gasteiger partial charge in [0.25, 0.3) is 0 Å². The van der Waals surface area contributed by atoms with Crippen LogP contribution in [-0.2, 0) is 9.53 Å². The summed E-state index contributed by atoms with van der Waals surface area (Å²) in [7, 11) is 0. The molecule has 0 saturated carbocycles. The van der Waals surface area contributed by atoms with Crippen LogP contribution in [0, 0.1) is 20.5 Å². The molecule has 0 amide bonds. The summed E-state index contributed by atoms with van der Waals surface area (Å²) in [4.78, 5) is 12.6. The van der Waals surface area contributed by atoms with Crippen LogP contribution >= 0.6 is 22.6 Å². The van der Waals surface area contributed by atoms with Crippen molar-refractivity contribution in [2.45, 2.75) is 32.6 Å². The predicted octanol–water partition coefficient (Wildman–Crippen LogP) is 3.34. The van der Waals surface area contributed by atoms with Gasteiger partial charge in [-0.15, -0.1) is 0 Å². The second-order valence-corrected chi connectivity index (χ2v) is 7.41. The zero-order valence-electron chi connectivity index (χ0n) is 12.3. The van der Waals surface area contributed by atoms with Gasteiger partial charge in [0.1, 0.15) is 23.2 Å². The zero-order chi connectivity index (χ0) is 16.1. The summed E-state index contributed by atoms with van der Waals surface area (Å²) in [5.74, 6) is 0.592. The van der Waals surface area contributed by atoms with Gasteiger partial charge >= 0.3 is 0 Å². The first kappa shape index (κ1) is 15.2. The number of Topliss-reactive ketones (excluding diaryl/α,β-unsaturated/α-hetero) is 1. The minimum Gasteiger partial charge on any atom is -0.454 e. The number of ketones is 1. The highest BCUT2D eigenvalue weighted by molar-refractivity contribution is 14.1. The zero-order valence-corrected chi connectivity index (χ0v) is 14.4. The number of carbonyl (C=O) groups is 1. The number of hydrogen-bond donors (Lipinski definition) is 1. The van der Waals surface area contributed by atoms with Crippen molar-refractivity contribution in [3.05, 3.63) is 44.4 Å². The van der Waals surface area contributed by atoms with Gasteiger partial charge in [0.2, 0.25) is 5.88 Å². The number of nitrogens with two attached hydrogens (primary N) is 1. The molecular weight excluding hydrogens is 395 g/mol. The Morgan fingerprint density at radius 3 is 2.73 bits per heavy atom. The van der Waals surface area contributed by atoms with E-state index in [-0.39, 0.29) is 22.7 Å². The molecule has 0 radical (unpaired) electrons. The summed E-state index contributed by atoms with van der Waals surface area (Å²) in [5, 5.41) is 9.43. The fraction of sp³-hybridized carbons (Fsp3) is 0.375. The molecule has 22 heavy (non-hydrogen) atoms. The Morgan fingerprint density at radius 2 is 2.14 bits per heavy atom. The van der Waals surface area contributed by atoms with E-state index in [1.54, 1.807) is 12.1 Å². The van der Waals surface area contributed by atoms with E-state index < -0.39 is 5.92 Å². The van der Waals surface area contributed by atoms with Crippen molar-refractivity contribution >= 4 is 28.4 Å². The van der Waals surface area contributed by atoms with Crippen molar-refractivity contribution in [2.75, 3.05) is 0 Å². The van der Waals surface area contributed by atoms with Crippen molar-refractivity contribution in [1.82, 2.24) is 0 Å². The SMILES string of the molecule is CC1(C)CC(=O)C2=C(C1)OC(N)=C(C#N)[C@@H]2c1ccc(I)o1. The third-order valence-corrected chi connectivity index (χ3v) is 4.53. The largest absolute Gasteiger partial charge is 0.454 e. The van der Waals surface area contributed by atoms with Crippen LogP contribution < -0.4 is 5.73 Å². The van der Waals surface area contributed by atoms with E-state index >= 15 is 0 Å². The molecule has 0 saturated heterocycles. The molecule has 3 rings (SSSR count). The fourth-order valence-corrected chi connectivity index (χ4v) is 3.49. The first-order chi connectivity index (χ1) is 10.3. The smallest absolute Gasteiger partial charge is 0.205 e. The van der Waals surface area contributed by atoms with Crippen LogP contribution in [0.4, 0.5) is 0 Å². The lowest BCUT2D eigenvalue weighted by Crippen LogP contribution is -2.33. The normalized spacial score (nSPS) is 23.9. The van der Waals surface area contributed by atoms with Crippen molar-refractivity contribution in [3.8, 4) is 6.07 Å². The third kappa shape index (κ3) is 2.43. The maximum absolute atomic E-state index is 12.6. The molecule has 0 unspecified atom stereocenters. The van der Waals surface area contributed by atoms with E-state index in [9.17, 15) is 10.1 Å². The van der Waals surface area contributed by atoms with E-state index in [0.29, 0.717) is 33.7 Å². The lowest BCUT2D eigenvalue weighted by atomic mass is 9.71. The number of halogens is 1. The number of hydrogen-bond acceptors (Lipinski definition) is 5. The van der Waals surface area contributed by atoms with Crippen LogP contribution in [0.15, 0.2) is 39.3 Å². The average molecular weight is 410 g/mol. The van der Waals surface area contributed by atoms with Crippen molar-refractivity contribution in [2.24, 2.45) is 11.1 Å². The first-order valence-corrected chi connectivity index (χ1v) is 7.99. The van der Waals surface area contributed by atoms with Gasteiger partial charge in [0, 0.05) is 18.4 Å². The van der Waals surface area contributed by atoms with Crippen molar-refractivity contribution in [3.63, 3.8) is 0 Å². The van der Waals surface area contributed by atoms with Gasteiger partial charge in [0.05, 0.1) is 5.92 Å². The van der Waals surface area contributed by atoms with Gasteiger partial charge in [0.15, 0.2) is 9.55 Å². The summed E-state index contributed by atoms with van der Waals surface area (Å²) in [6, 6.07) is 5.64. The molecule has 1 atom stereocenters. The van der Waals surface area contributed by atoms with E-state index in [4.69, 9.17) is 14.9 Å². The van der Waals surface area contributed by atoms with Crippen LogP contribution in [0.1, 0.15) is 38.4 Å². The van der Waals surface area contributed by atoms with Gasteiger partial charge in [-0.1, -0.05) is 13.8 Å². The standard InChI is InChI=1S/C16H15IN2O3/c1-16(2)5-9(20)14-11(6-16)22-15(19)8(7-18)13(14)10-3-4-12(17)21-10/h3-4,13H,5-6,19H2,1-2H3/t13-/m1/s1. The minimum atomic E-state index is -0.569. The highest BCUT2D eigenvalue weighted by atomic mass is 127. The summed E-state index contributed by atoms with van der Waals surface area (Å²) >= 11 is 2.05. The Kier molecular flexibility index (Phi) is 3.56. The molecule has 1 aromatic heterocycles. The molecule has 1 aromatic rings. The number of furan rings is 1. The second-order valence-electron chi connectivity index (χ2n) is 6.34. The minimum absolute atomic E-state index is 0.0112. The molecule has 1 aliphatic heterocycles. The number of rotatable bonds is 1. The second kappa shape index (κ2) is 5.16. The molecule has 0 spiro atoms. The molecule has 0 fully saturated rings. The van der Waals surface area contributed by atoms with Gasteiger partial charge in [-0.25, -0.2) is 0 Å². The Hall–Kier alpha value is -1.75. The molecule has 2 heterocycles. The van der Waals surface area contributed by atoms with Crippen LogP contribution in [0.25, 0.3) is 0 Å². The van der Waals surface area contributed by atoms with Crippen LogP contribution in [-0.4, -0.2) is 5.78 Å². The Bertz CT molecular complexity index is 765. The summed E-state index contributed by atoms with van der Waals surface area (Å²) in [6.45, 7) is 4.03. The number of nitrogens with zero attached hydrogens (tertiary/aromatic N) is 1. The average Bonchev–Trinajstić information content (AvgIpc) is 2.82. The quantitative estimate of drug-likeness (QED) is 0.718. The molecule has 2 N–H and O–H groups in total. The Labute approximate surface area is 141 Å². The summed E-state index contributed by atoms with van der Waals surface area (Å²) in [5.41, 5.74) is 6.48. The topological polar surface area (TPSA) is 89.2 Å². The highest BCUT2D eigenvalue weighted by Gasteiger charge is 2.44. The molecule has 2 aliphatic rings. The summed E-state index contributed by atoms with van der Waals surface area (Å²) in [6.07, 6.45) is 1.03. The molecular formula is C16H15IN2O3. The van der Waals surface area contributed by atoms with Gasteiger partial charge in [-0.2, -0.15) is 5.26 Å². The van der Waals surface area contributed by atoms with Gasteiger partial charge < -0.3 is 14.9 Å². The van der Waals surface area contributed by atoms with Crippen LogP contribution in [0.5, 0.6) is 0 Å². The maximum atomic E-state index is 12.6. The van der Waals surface area contributed by atoms with E-state index in [0.717, 1.165) is 0 Å². The van der Waals surface area contributed by atoms with Crippen molar-refractivity contribution < 1.29 is 13.9 Å². The van der Waals surface area contributed by atoms with Crippen molar-refractivity contribution in [1.29, 1.82) is 5.26 Å². The van der Waals surface area contributed by atoms with Crippen LogP contribution in [0.2, 0.25) is 0 Å². The molecule has 5 nitrogen and oxygen atoms in total. The number of allylic oxidation sites excluding steroid dienone is 3. The maximum Gasteiger partial charge on any atom is 0.205 e. The predicted molar refractivity (Wildman–Crippen MR) is 87.1 cm³/mol. The van der Waals surface area contributed by atoms with E-state index in [2.05, 4.69) is 28.7 Å². The number of carbonyl (C=O) groups excluding carboxylic acids is 1. The molecule has 0 aromatic carbocycles. The Balaban J connectivity index is 2.17. The summed E-state index contributed by atoms with van der Waals surface area (Å²) < 4.78 is 12.0.